The number of carboxylic acids is 4. The minimum absolute atomic E-state index is 0.0363. The molecule has 16 heteroatoms. The van der Waals surface area contributed by atoms with Crippen molar-refractivity contribution in [2.45, 2.75) is 251 Å². The molecule has 1 unspecified atom stereocenters. The van der Waals surface area contributed by atoms with Gasteiger partial charge in [-0.25, -0.2) is 0 Å². The van der Waals surface area contributed by atoms with E-state index in [1.807, 2.05) is 17.0 Å². The number of carbonyl (C=O) groups excluding carboxylic acids is 2. The molecule has 1 saturated heterocycles. The third-order valence-electron chi connectivity index (χ3n) is 16.1. The normalized spacial score (nSPS) is 14.8. The van der Waals surface area contributed by atoms with Gasteiger partial charge in [0.1, 0.15) is 6.04 Å². The first kappa shape index (κ1) is 72.0. The maximum absolute atomic E-state index is 13.7. The molecular formula is C64H114N6O10. The molecule has 0 radical (unpaired) electrons. The average molecular weight is 1130 g/mol. The van der Waals surface area contributed by atoms with Crippen molar-refractivity contribution in [1.82, 2.24) is 24.5 Å². The first-order valence-corrected chi connectivity index (χ1v) is 32.3. The number of nitrogens with one attached hydrogen (secondary N) is 1. The molecule has 0 aromatic heterocycles. The van der Waals surface area contributed by atoms with Gasteiger partial charge in [-0.15, -0.1) is 0 Å². The quantitative estimate of drug-likeness (QED) is 0.0384. The van der Waals surface area contributed by atoms with Gasteiger partial charge < -0.3 is 30.6 Å². The predicted octanol–water partition coefficient (Wildman–Crippen LogP) is 12.6. The number of carbonyl (C=O) groups is 6. The number of hydrogen-bond acceptors (Lipinski definition) is 10. The first-order chi connectivity index (χ1) is 38.8. The SMILES string of the molecule is CCCCCCCCCCCCCCCCCCN(CCCCCCCCCCCCCCCCCC)C(=O)CCC(=O)Nc1ccc(CCC(C(=O)O)N2CCN(CC(=O)O)CCN(CC(=O)O)CCN(CC(=O)O)CC2)cc1. The second-order valence-electron chi connectivity index (χ2n) is 23.2. The topological polar surface area (TPSA) is 212 Å². The molecule has 2 amide bonds. The standard InChI is InChI=1S/C64H114N6O10/c1-3-5-7-9-11-13-15-17-19-21-23-25-27-29-31-33-43-70(44-34-32-30-28-26-24-22-20-18-16-14-12-10-8-6-4-2)60(72)42-41-59(71)65-57-38-35-56(36-39-57)37-40-58(64(79)80)69-51-49-67(54-62(75)76)47-45-66(53-61(73)74)46-48-68(50-52-69)55-63(77)78/h35-36,38-39,58H,3-34,37,40-55H2,1-2H3,(H,65,71)(H,73,74)(H,75,76)(H,77,78)(H,79,80). The second kappa shape index (κ2) is 48.4. The van der Waals surface area contributed by atoms with Gasteiger partial charge in [0, 0.05) is 84.0 Å². The van der Waals surface area contributed by atoms with Crippen LogP contribution in [-0.4, -0.2) is 172 Å². The fourth-order valence-electron chi connectivity index (χ4n) is 11.1. The second-order valence-corrected chi connectivity index (χ2v) is 23.2. The fourth-order valence-corrected chi connectivity index (χ4v) is 11.1. The number of nitrogens with zero attached hydrogens (tertiary/aromatic N) is 5. The van der Waals surface area contributed by atoms with E-state index in [4.69, 9.17) is 0 Å². The zero-order valence-electron chi connectivity index (χ0n) is 50.5. The summed E-state index contributed by atoms with van der Waals surface area (Å²) in [7, 11) is 0. The van der Waals surface area contributed by atoms with Crippen LogP contribution in [0.3, 0.4) is 0 Å². The zero-order valence-corrected chi connectivity index (χ0v) is 50.5. The molecule has 460 valence electrons. The number of benzene rings is 1. The molecule has 16 nitrogen and oxygen atoms in total. The van der Waals surface area contributed by atoms with E-state index >= 15 is 0 Å². The van der Waals surface area contributed by atoms with Crippen molar-refractivity contribution in [3.05, 3.63) is 29.8 Å². The van der Waals surface area contributed by atoms with Crippen LogP contribution in [0.5, 0.6) is 0 Å². The van der Waals surface area contributed by atoms with E-state index in [2.05, 4.69) is 19.2 Å². The molecule has 1 aromatic carbocycles. The third-order valence-corrected chi connectivity index (χ3v) is 16.1. The maximum Gasteiger partial charge on any atom is 0.320 e. The molecular weight excluding hydrogens is 1010 g/mol. The third kappa shape index (κ3) is 39.3. The van der Waals surface area contributed by atoms with E-state index in [-0.39, 0.29) is 103 Å². The van der Waals surface area contributed by atoms with E-state index in [1.165, 1.54) is 180 Å². The van der Waals surface area contributed by atoms with Gasteiger partial charge in [-0.1, -0.05) is 219 Å². The Morgan fingerprint density at radius 1 is 0.438 bits per heavy atom. The number of anilines is 1. The van der Waals surface area contributed by atoms with Gasteiger partial charge in [0.15, 0.2) is 0 Å². The van der Waals surface area contributed by atoms with Gasteiger partial charge in [0.2, 0.25) is 11.8 Å². The molecule has 1 heterocycles. The van der Waals surface area contributed by atoms with E-state index in [1.54, 1.807) is 31.7 Å². The molecule has 1 atom stereocenters. The molecule has 1 aliphatic rings. The lowest BCUT2D eigenvalue weighted by molar-refractivity contribution is -0.145. The van der Waals surface area contributed by atoms with Crippen molar-refractivity contribution in [3.8, 4) is 0 Å². The molecule has 5 N–H and O–H groups in total. The lowest BCUT2D eigenvalue weighted by Crippen LogP contribution is -2.51. The fraction of sp³-hybridized carbons (Fsp3) is 0.812. The van der Waals surface area contributed by atoms with E-state index in [0.717, 1.165) is 44.3 Å². The highest BCUT2D eigenvalue weighted by Gasteiger charge is 2.28. The minimum atomic E-state index is -1.05. The summed E-state index contributed by atoms with van der Waals surface area (Å²) >= 11 is 0. The van der Waals surface area contributed by atoms with Crippen molar-refractivity contribution in [3.63, 3.8) is 0 Å². The summed E-state index contributed by atoms with van der Waals surface area (Å²) in [5, 5.41) is 42.1. The van der Waals surface area contributed by atoms with Crippen LogP contribution in [0, 0.1) is 0 Å². The Morgan fingerprint density at radius 2 is 0.750 bits per heavy atom. The number of amides is 2. The summed E-state index contributed by atoms with van der Waals surface area (Å²) in [6, 6.07) is 6.30. The highest BCUT2D eigenvalue weighted by Crippen LogP contribution is 2.19. The molecule has 0 spiro atoms. The number of rotatable bonds is 49. The van der Waals surface area contributed by atoms with Crippen LogP contribution >= 0.6 is 0 Å². The maximum atomic E-state index is 13.7. The summed E-state index contributed by atoms with van der Waals surface area (Å²) in [4.78, 5) is 83.6. The van der Waals surface area contributed by atoms with Crippen LogP contribution in [0.1, 0.15) is 244 Å². The lowest BCUT2D eigenvalue weighted by Gasteiger charge is -2.35. The first-order valence-electron chi connectivity index (χ1n) is 32.3. The van der Waals surface area contributed by atoms with Crippen molar-refractivity contribution in [1.29, 1.82) is 0 Å². The van der Waals surface area contributed by atoms with Gasteiger partial charge in [-0.05, 0) is 43.4 Å². The van der Waals surface area contributed by atoms with Crippen LogP contribution in [0.25, 0.3) is 0 Å². The highest BCUT2D eigenvalue weighted by atomic mass is 16.4. The van der Waals surface area contributed by atoms with E-state index < -0.39 is 29.9 Å². The van der Waals surface area contributed by atoms with Crippen LogP contribution < -0.4 is 5.32 Å². The Hall–Kier alpha value is -4.12. The molecule has 1 aliphatic heterocycles. The Kier molecular flexibility index (Phi) is 43.6. The minimum Gasteiger partial charge on any atom is -0.480 e. The van der Waals surface area contributed by atoms with E-state index in [9.17, 15) is 49.2 Å². The molecule has 1 fully saturated rings. The monoisotopic (exact) mass is 1130 g/mol. The Balaban J connectivity index is 1.90. The van der Waals surface area contributed by atoms with Crippen LogP contribution in [-0.2, 0) is 35.2 Å². The van der Waals surface area contributed by atoms with Crippen molar-refractivity contribution in [2.24, 2.45) is 0 Å². The number of hydrogen-bond donors (Lipinski definition) is 5. The molecule has 0 aliphatic carbocycles. The summed E-state index contributed by atoms with van der Waals surface area (Å²) in [6.07, 6.45) is 42.6. The summed E-state index contributed by atoms with van der Waals surface area (Å²) in [5.74, 6) is -4.40. The van der Waals surface area contributed by atoms with Gasteiger partial charge in [-0.2, -0.15) is 0 Å². The molecule has 1 aromatic rings. The Bertz CT molecular complexity index is 1700. The lowest BCUT2D eigenvalue weighted by atomic mass is 10.0. The molecule has 0 bridgehead atoms. The van der Waals surface area contributed by atoms with Crippen LogP contribution in [0.2, 0.25) is 0 Å². The number of aliphatic carboxylic acids is 4. The van der Waals surface area contributed by atoms with Crippen molar-refractivity contribution in [2.75, 3.05) is 90.4 Å². The molecule has 2 rings (SSSR count). The van der Waals surface area contributed by atoms with Crippen LogP contribution in [0.4, 0.5) is 5.69 Å². The van der Waals surface area contributed by atoms with Crippen molar-refractivity contribution < 1.29 is 49.2 Å². The van der Waals surface area contributed by atoms with Gasteiger partial charge in [0.05, 0.1) is 19.6 Å². The largest absolute Gasteiger partial charge is 0.480 e. The van der Waals surface area contributed by atoms with Crippen molar-refractivity contribution >= 4 is 41.4 Å². The molecule has 80 heavy (non-hydrogen) atoms. The number of aryl methyl sites for hydroxylation is 1. The van der Waals surface area contributed by atoms with Gasteiger partial charge >= 0.3 is 23.9 Å². The summed E-state index contributed by atoms with van der Waals surface area (Å²) in [6.45, 7) is 6.95. The summed E-state index contributed by atoms with van der Waals surface area (Å²) in [5.41, 5.74) is 1.44. The summed E-state index contributed by atoms with van der Waals surface area (Å²) < 4.78 is 0. The smallest absolute Gasteiger partial charge is 0.320 e. The van der Waals surface area contributed by atoms with Gasteiger partial charge in [0.25, 0.3) is 0 Å². The van der Waals surface area contributed by atoms with Crippen LogP contribution in [0.15, 0.2) is 24.3 Å². The zero-order chi connectivity index (χ0) is 58.3. The molecule has 0 saturated carbocycles. The Labute approximate surface area is 484 Å². The number of unbranched alkanes of at least 4 members (excludes halogenated alkanes) is 30. The van der Waals surface area contributed by atoms with Gasteiger partial charge in [-0.3, -0.25) is 48.4 Å². The predicted molar refractivity (Wildman–Crippen MR) is 324 cm³/mol. The highest BCUT2D eigenvalue weighted by molar-refractivity contribution is 5.93. The Morgan fingerprint density at radius 3 is 1.06 bits per heavy atom. The average Bonchev–Trinajstić information content (AvgIpc) is 3.42. The van der Waals surface area contributed by atoms with E-state index in [0.29, 0.717) is 12.1 Å². The number of carboxylic acid groups (broad SMARTS) is 4.